The molecule has 0 fully saturated rings. The molecule has 0 unspecified atom stereocenters. The number of rotatable bonds is 8. The Hall–Kier alpha value is -0.740. The predicted octanol–water partition coefficient (Wildman–Crippen LogP) is 1.46. The smallest absolute Gasteiger partial charge is 0.261 e. The lowest BCUT2D eigenvalue weighted by Gasteiger charge is -2.08. The van der Waals surface area contributed by atoms with Crippen molar-refractivity contribution in [2.45, 2.75) is 22.6 Å². The van der Waals surface area contributed by atoms with Crippen LogP contribution in [0.25, 0.3) is 0 Å². The van der Waals surface area contributed by atoms with E-state index >= 15 is 0 Å². The molecule has 0 bridgehead atoms. The maximum absolute atomic E-state index is 13.7. The van der Waals surface area contributed by atoms with Gasteiger partial charge in [-0.05, 0) is 31.0 Å². The summed E-state index contributed by atoms with van der Waals surface area (Å²) in [7, 11) is -1.56. The highest BCUT2D eigenvalue weighted by atomic mass is 35.7. The van der Waals surface area contributed by atoms with Crippen LogP contribution in [0.3, 0.4) is 0 Å². The van der Waals surface area contributed by atoms with Crippen LogP contribution in [0.1, 0.15) is 12.8 Å². The minimum absolute atomic E-state index is 0.126. The summed E-state index contributed by atoms with van der Waals surface area (Å²) in [5.74, 6) is -1.18. The van der Waals surface area contributed by atoms with Gasteiger partial charge >= 0.3 is 0 Å². The van der Waals surface area contributed by atoms with Crippen molar-refractivity contribution >= 4 is 29.8 Å². The molecule has 1 N–H and O–H groups in total. The van der Waals surface area contributed by atoms with Crippen molar-refractivity contribution in [3.8, 4) is 0 Å². The van der Waals surface area contributed by atoms with Crippen LogP contribution in [-0.2, 0) is 23.8 Å². The molecule has 10 heteroatoms. The van der Waals surface area contributed by atoms with Gasteiger partial charge in [0.1, 0.15) is 10.7 Å². The van der Waals surface area contributed by atoms with Crippen LogP contribution in [-0.4, -0.2) is 37.1 Å². The number of nitrogens with one attached hydrogen (secondary N) is 1. The third-order valence-electron chi connectivity index (χ3n) is 2.54. The van der Waals surface area contributed by atoms with Gasteiger partial charge in [-0.2, -0.15) is 0 Å². The van der Waals surface area contributed by atoms with Crippen LogP contribution >= 0.6 is 10.7 Å². The molecule has 0 atom stereocenters. The lowest BCUT2D eigenvalue weighted by Crippen LogP contribution is -2.26. The number of halogens is 2. The molecule has 0 saturated carbocycles. The molecule has 0 heterocycles. The van der Waals surface area contributed by atoms with Crippen molar-refractivity contribution in [2.75, 3.05) is 20.3 Å². The molecular weight excluding hydrogens is 345 g/mol. The van der Waals surface area contributed by atoms with E-state index in [1.807, 2.05) is 0 Å². The summed E-state index contributed by atoms with van der Waals surface area (Å²) in [4.78, 5) is -1.13. The third-order valence-corrected chi connectivity index (χ3v) is 5.39. The standard InChI is InChI=1S/C11H15ClFNO5S2/c1-19-7-3-2-6-14-21(17,18)11-5-4-9(8-10(11)13)20(12,15)16/h4-5,8,14H,2-3,6-7H2,1H3. The first-order chi connectivity index (χ1) is 9.68. The molecule has 0 aliphatic heterocycles. The Morgan fingerprint density at radius 1 is 1.24 bits per heavy atom. The summed E-state index contributed by atoms with van der Waals surface area (Å²) in [6.07, 6.45) is 1.19. The zero-order valence-electron chi connectivity index (χ0n) is 11.2. The molecule has 1 rings (SSSR count). The summed E-state index contributed by atoms with van der Waals surface area (Å²) in [6, 6.07) is 2.37. The number of methoxy groups -OCH3 is 1. The van der Waals surface area contributed by atoms with Crippen molar-refractivity contribution in [1.82, 2.24) is 4.72 Å². The zero-order chi connectivity index (χ0) is 16.1. The quantitative estimate of drug-likeness (QED) is 0.560. The van der Waals surface area contributed by atoms with E-state index < -0.39 is 34.7 Å². The summed E-state index contributed by atoms with van der Waals surface area (Å²) in [6.45, 7) is 0.624. The Balaban J connectivity index is 2.85. The topological polar surface area (TPSA) is 89.5 Å². The Labute approximate surface area is 127 Å². The minimum Gasteiger partial charge on any atom is -0.385 e. The molecule has 0 aromatic heterocycles. The Morgan fingerprint density at radius 2 is 1.90 bits per heavy atom. The van der Waals surface area contributed by atoms with Gasteiger partial charge in [0.05, 0.1) is 4.90 Å². The molecule has 1 aromatic carbocycles. The lowest BCUT2D eigenvalue weighted by molar-refractivity contribution is 0.193. The molecule has 120 valence electrons. The van der Waals surface area contributed by atoms with Crippen LogP contribution in [0.2, 0.25) is 0 Å². The summed E-state index contributed by atoms with van der Waals surface area (Å²) in [5.41, 5.74) is 0. The highest BCUT2D eigenvalue weighted by Gasteiger charge is 2.21. The van der Waals surface area contributed by atoms with E-state index in [9.17, 15) is 21.2 Å². The number of sulfonamides is 1. The second kappa shape index (κ2) is 7.50. The number of unbranched alkanes of at least 4 members (excludes halogenated alkanes) is 1. The van der Waals surface area contributed by atoms with E-state index in [1.54, 1.807) is 0 Å². The van der Waals surface area contributed by atoms with Crippen LogP contribution in [0.4, 0.5) is 4.39 Å². The molecule has 6 nitrogen and oxygen atoms in total. The van der Waals surface area contributed by atoms with E-state index in [-0.39, 0.29) is 6.54 Å². The number of hydrogen-bond donors (Lipinski definition) is 1. The van der Waals surface area contributed by atoms with Crippen molar-refractivity contribution in [1.29, 1.82) is 0 Å². The van der Waals surface area contributed by atoms with Gasteiger partial charge in [-0.25, -0.2) is 25.9 Å². The first-order valence-electron chi connectivity index (χ1n) is 5.91. The van der Waals surface area contributed by atoms with Crippen molar-refractivity contribution in [2.24, 2.45) is 0 Å². The molecule has 0 radical (unpaired) electrons. The molecule has 0 amide bonds. The second-order valence-electron chi connectivity index (χ2n) is 4.13. The monoisotopic (exact) mass is 359 g/mol. The van der Waals surface area contributed by atoms with Gasteiger partial charge in [-0.1, -0.05) is 0 Å². The Kier molecular flexibility index (Phi) is 6.54. The van der Waals surface area contributed by atoms with E-state index in [0.29, 0.717) is 25.5 Å². The van der Waals surface area contributed by atoms with Gasteiger partial charge in [-0.15, -0.1) is 0 Å². The number of ether oxygens (including phenoxy) is 1. The predicted molar refractivity (Wildman–Crippen MR) is 75.7 cm³/mol. The van der Waals surface area contributed by atoms with Crippen molar-refractivity contribution in [3.05, 3.63) is 24.0 Å². The average Bonchev–Trinajstić information content (AvgIpc) is 2.37. The first-order valence-corrected chi connectivity index (χ1v) is 9.70. The molecule has 0 aliphatic carbocycles. The maximum Gasteiger partial charge on any atom is 0.261 e. The summed E-state index contributed by atoms with van der Waals surface area (Å²) < 4.78 is 66.6. The normalized spacial score (nSPS) is 12.5. The number of benzene rings is 1. The van der Waals surface area contributed by atoms with Crippen LogP contribution in [0, 0.1) is 5.82 Å². The van der Waals surface area contributed by atoms with E-state index in [0.717, 1.165) is 12.1 Å². The molecular formula is C11H15ClFNO5S2. The number of hydrogen-bond acceptors (Lipinski definition) is 5. The fraction of sp³-hybridized carbons (Fsp3) is 0.455. The molecule has 0 aliphatic rings. The highest BCUT2D eigenvalue weighted by Crippen LogP contribution is 2.21. The van der Waals surface area contributed by atoms with Gasteiger partial charge < -0.3 is 4.74 Å². The van der Waals surface area contributed by atoms with Crippen molar-refractivity contribution in [3.63, 3.8) is 0 Å². The molecule has 0 spiro atoms. The largest absolute Gasteiger partial charge is 0.385 e. The minimum atomic E-state index is -4.11. The lowest BCUT2D eigenvalue weighted by atomic mass is 10.3. The Morgan fingerprint density at radius 3 is 2.43 bits per heavy atom. The molecule has 1 aromatic rings. The fourth-order valence-corrected chi connectivity index (χ4v) is 3.40. The SMILES string of the molecule is COCCCCNS(=O)(=O)c1ccc(S(=O)(=O)Cl)cc1F. The van der Waals surface area contributed by atoms with Crippen LogP contribution < -0.4 is 4.72 Å². The van der Waals surface area contributed by atoms with Crippen LogP contribution in [0.5, 0.6) is 0 Å². The van der Waals surface area contributed by atoms with Crippen molar-refractivity contribution < 1.29 is 26.0 Å². The summed E-state index contributed by atoms with van der Waals surface area (Å²) >= 11 is 0. The van der Waals surface area contributed by atoms with Crippen LogP contribution in [0.15, 0.2) is 28.0 Å². The van der Waals surface area contributed by atoms with Gasteiger partial charge in [0.15, 0.2) is 0 Å². The average molecular weight is 360 g/mol. The molecule has 21 heavy (non-hydrogen) atoms. The zero-order valence-corrected chi connectivity index (χ0v) is 13.6. The third kappa shape index (κ3) is 5.51. The molecule has 0 saturated heterocycles. The van der Waals surface area contributed by atoms with E-state index in [1.165, 1.54) is 7.11 Å². The first kappa shape index (κ1) is 18.3. The van der Waals surface area contributed by atoms with Gasteiger partial charge in [0.25, 0.3) is 9.05 Å². The van der Waals surface area contributed by atoms with E-state index in [4.69, 9.17) is 15.4 Å². The fourth-order valence-electron chi connectivity index (χ4n) is 1.51. The summed E-state index contributed by atoms with van der Waals surface area (Å²) in [5, 5.41) is 0. The van der Waals surface area contributed by atoms with Gasteiger partial charge in [0, 0.05) is 30.9 Å². The maximum atomic E-state index is 13.7. The Bertz CT molecular complexity index is 691. The van der Waals surface area contributed by atoms with Gasteiger partial charge in [0.2, 0.25) is 10.0 Å². The van der Waals surface area contributed by atoms with E-state index in [2.05, 4.69) is 4.72 Å². The highest BCUT2D eigenvalue weighted by molar-refractivity contribution is 8.13. The second-order valence-corrected chi connectivity index (χ2v) is 8.43. The van der Waals surface area contributed by atoms with Gasteiger partial charge in [-0.3, -0.25) is 0 Å².